The molecule has 3 aromatic rings. The summed E-state index contributed by atoms with van der Waals surface area (Å²) in [4.78, 5) is 28.1. The van der Waals surface area contributed by atoms with Gasteiger partial charge in [0.25, 0.3) is 5.91 Å². The SMILES string of the molecule is COC(=O)c1ccc(C(=O)Nc2ccc(-c3csc(C)n3)cc2)cc1. The first-order valence-corrected chi connectivity index (χ1v) is 8.47. The predicted octanol–water partition coefficient (Wildman–Crippen LogP) is 4.16. The first-order valence-electron chi connectivity index (χ1n) is 7.59. The van der Waals surface area contributed by atoms with Crippen LogP contribution >= 0.6 is 11.3 Å². The van der Waals surface area contributed by atoms with Crippen molar-refractivity contribution in [2.45, 2.75) is 6.92 Å². The standard InChI is InChI=1S/C19H16N2O3S/c1-12-20-17(11-25-12)13-7-9-16(10-8-13)21-18(22)14-3-5-15(6-4-14)19(23)24-2/h3-11H,1-2H3,(H,21,22). The Morgan fingerprint density at radius 2 is 1.64 bits per heavy atom. The van der Waals surface area contributed by atoms with Gasteiger partial charge in [0.1, 0.15) is 0 Å². The summed E-state index contributed by atoms with van der Waals surface area (Å²) in [5, 5.41) is 5.85. The molecule has 0 radical (unpaired) electrons. The van der Waals surface area contributed by atoms with Crippen LogP contribution in [-0.2, 0) is 4.74 Å². The third-order valence-corrected chi connectivity index (χ3v) is 4.40. The van der Waals surface area contributed by atoms with Gasteiger partial charge < -0.3 is 10.1 Å². The van der Waals surface area contributed by atoms with Crippen molar-refractivity contribution in [2.75, 3.05) is 12.4 Å². The summed E-state index contributed by atoms with van der Waals surface area (Å²) in [7, 11) is 1.32. The number of ether oxygens (including phenoxy) is 1. The molecule has 25 heavy (non-hydrogen) atoms. The van der Waals surface area contributed by atoms with Crippen molar-refractivity contribution in [1.82, 2.24) is 4.98 Å². The van der Waals surface area contributed by atoms with Crippen LogP contribution in [0.15, 0.2) is 53.9 Å². The summed E-state index contributed by atoms with van der Waals surface area (Å²) >= 11 is 1.60. The Kier molecular flexibility index (Phi) is 4.90. The van der Waals surface area contributed by atoms with E-state index in [9.17, 15) is 9.59 Å². The second kappa shape index (κ2) is 7.27. The number of aromatic nitrogens is 1. The summed E-state index contributed by atoms with van der Waals surface area (Å²) in [5.41, 5.74) is 3.50. The Bertz CT molecular complexity index is 899. The number of esters is 1. The Morgan fingerprint density at radius 3 is 2.20 bits per heavy atom. The lowest BCUT2D eigenvalue weighted by Crippen LogP contribution is -2.12. The maximum absolute atomic E-state index is 12.3. The van der Waals surface area contributed by atoms with E-state index < -0.39 is 5.97 Å². The van der Waals surface area contributed by atoms with Gasteiger partial charge in [0.05, 0.1) is 23.4 Å². The highest BCUT2D eigenvalue weighted by atomic mass is 32.1. The molecule has 1 aromatic heterocycles. The highest BCUT2D eigenvalue weighted by Crippen LogP contribution is 2.23. The summed E-state index contributed by atoms with van der Waals surface area (Å²) in [6.45, 7) is 1.97. The lowest BCUT2D eigenvalue weighted by atomic mass is 10.1. The number of amides is 1. The van der Waals surface area contributed by atoms with E-state index >= 15 is 0 Å². The topological polar surface area (TPSA) is 68.3 Å². The number of hydrogen-bond acceptors (Lipinski definition) is 5. The van der Waals surface area contributed by atoms with Gasteiger partial charge in [0, 0.05) is 22.2 Å². The number of nitrogens with one attached hydrogen (secondary N) is 1. The minimum absolute atomic E-state index is 0.242. The Labute approximate surface area is 149 Å². The van der Waals surface area contributed by atoms with E-state index in [-0.39, 0.29) is 5.91 Å². The second-order valence-corrected chi connectivity index (χ2v) is 6.41. The van der Waals surface area contributed by atoms with E-state index in [1.807, 2.05) is 36.6 Å². The Hall–Kier alpha value is -2.99. The van der Waals surface area contributed by atoms with Crippen molar-refractivity contribution in [3.05, 3.63) is 70.0 Å². The van der Waals surface area contributed by atoms with Gasteiger partial charge in [0.15, 0.2) is 0 Å². The van der Waals surface area contributed by atoms with Crippen molar-refractivity contribution in [3.63, 3.8) is 0 Å². The van der Waals surface area contributed by atoms with Gasteiger partial charge >= 0.3 is 5.97 Å². The highest BCUT2D eigenvalue weighted by Gasteiger charge is 2.09. The lowest BCUT2D eigenvalue weighted by Gasteiger charge is -2.07. The fraction of sp³-hybridized carbons (Fsp3) is 0.105. The van der Waals surface area contributed by atoms with Crippen molar-refractivity contribution in [2.24, 2.45) is 0 Å². The molecule has 5 nitrogen and oxygen atoms in total. The number of nitrogens with zero attached hydrogens (tertiary/aromatic N) is 1. The molecule has 0 saturated heterocycles. The van der Waals surface area contributed by atoms with Gasteiger partial charge in [-0.2, -0.15) is 0 Å². The first kappa shape index (κ1) is 16.9. The normalized spacial score (nSPS) is 10.3. The zero-order valence-corrected chi connectivity index (χ0v) is 14.6. The smallest absolute Gasteiger partial charge is 0.337 e. The molecule has 0 aliphatic rings. The Morgan fingerprint density at radius 1 is 1.00 bits per heavy atom. The van der Waals surface area contributed by atoms with Gasteiger partial charge in [-0.15, -0.1) is 11.3 Å². The average molecular weight is 352 g/mol. The van der Waals surface area contributed by atoms with Crippen molar-refractivity contribution in [1.29, 1.82) is 0 Å². The van der Waals surface area contributed by atoms with Gasteiger partial charge in [-0.3, -0.25) is 4.79 Å². The van der Waals surface area contributed by atoms with E-state index in [1.165, 1.54) is 7.11 Å². The number of methoxy groups -OCH3 is 1. The van der Waals surface area contributed by atoms with Crippen LogP contribution in [0.2, 0.25) is 0 Å². The molecule has 0 bridgehead atoms. The molecule has 2 aromatic carbocycles. The number of thiazole rings is 1. The molecule has 0 spiro atoms. The summed E-state index contributed by atoms with van der Waals surface area (Å²) < 4.78 is 4.64. The third-order valence-electron chi connectivity index (χ3n) is 3.63. The highest BCUT2D eigenvalue weighted by molar-refractivity contribution is 7.09. The largest absolute Gasteiger partial charge is 0.465 e. The fourth-order valence-corrected chi connectivity index (χ4v) is 2.92. The third kappa shape index (κ3) is 3.92. The minimum Gasteiger partial charge on any atom is -0.465 e. The molecule has 0 unspecified atom stereocenters. The second-order valence-electron chi connectivity index (χ2n) is 5.35. The van der Waals surface area contributed by atoms with Gasteiger partial charge in [-0.05, 0) is 43.3 Å². The number of carbonyl (C=O) groups is 2. The summed E-state index contributed by atoms with van der Waals surface area (Å²) in [6, 6.07) is 13.8. The molecule has 6 heteroatoms. The maximum atomic E-state index is 12.3. The van der Waals surface area contributed by atoms with Crippen LogP contribution in [-0.4, -0.2) is 24.0 Å². The van der Waals surface area contributed by atoms with Crippen LogP contribution in [0.3, 0.4) is 0 Å². The van der Waals surface area contributed by atoms with Gasteiger partial charge in [-0.25, -0.2) is 9.78 Å². The number of benzene rings is 2. The molecule has 0 aliphatic carbocycles. The van der Waals surface area contributed by atoms with E-state index in [4.69, 9.17) is 0 Å². The van der Waals surface area contributed by atoms with Gasteiger partial charge in [-0.1, -0.05) is 12.1 Å². The zero-order chi connectivity index (χ0) is 17.8. The predicted molar refractivity (Wildman–Crippen MR) is 98.0 cm³/mol. The minimum atomic E-state index is -0.431. The van der Waals surface area contributed by atoms with E-state index in [0.717, 1.165) is 16.3 Å². The van der Waals surface area contributed by atoms with Crippen molar-refractivity contribution in [3.8, 4) is 11.3 Å². The summed E-state index contributed by atoms with van der Waals surface area (Å²) in [5.74, 6) is -0.673. The van der Waals surface area contributed by atoms with Crippen molar-refractivity contribution < 1.29 is 14.3 Å². The zero-order valence-electron chi connectivity index (χ0n) is 13.8. The summed E-state index contributed by atoms with van der Waals surface area (Å²) in [6.07, 6.45) is 0. The molecule has 0 aliphatic heterocycles. The number of hydrogen-bond donors (Lipinski definition) is 1. The first-order chi connectivity index (χ1) is 12.1. The molecular weight excluding hydrogens is 336 g/mol. The molecule has 1 amide bonds. The van der Waals surface area contributed by atoms with Crippen LogP contribution < -0.4 is 5.32 Å². The number of rotatable bonds is 4. The monoisotopic (exact) mass is 352 g/mol. The van der Waals surface area contributed by atoms with Crippen LogP contribution in [0.4, 0.5) is 5.69 Å². The van der Waals surface area contributed by atoms with E-state index in [0.29, 0.717) is 16.8 Å². The molecule has 0 atom stereocenters. The molecule has 1 heterocycles. The number of aryl methyl sites for hydroxylation is 1. The quantitative estimate of drug-likeness (QED) is 0.716. The maximum Gasteiger partial charge on any atom is 0.337 e. The average Bonchev–Trinajstić information content (AvgIpc) is 3.08. The van der Waals surface area contributed by atoms with Crippen LogP contribution in [0.5, 0.6) is 0 Å². The van der Waals surface area contributed by atoms with Crippen molar-refractivity contribution >= 4 is 28.9 Å². The molecule has 3 rings (SSSR count). The number of carbonyl (C=O) groups excluding carboxylic acids is 2. The Balaban J connectivity index is 1.69. The fourth-order valence-electron chi connectivity index (χ4n) is 2.30. The molecule has 0 fully saturated rings. The number of anilines is 1. The molecule has 1 N–H and O–H groups in total. The van der Waals surface area contributed by atoms with Crippen LogP contribution in [0.25, 0.3) is 11.3 Å². The van der Waals surface area contributed by atoms with Crippen LogP contribution in [0.1, 0.15) is 25.7 Å². The molecular formula is C19H16N2O3S. The van der Waals surface area contributed by atoms with E-state index in [2.05, 4.69) is 15.0 Å². The van der Waals surface area contributed by atoms with Crippen LogP contribution in [0, 0.1) is 6.92 Å². The lowest BCUT2D eigenvalue weighted by molar-refractivity contribution is 0.0600. The van der Waals surface area contributed by atoms with E-state index in [1.54, 1.807) is 35.6 Å². The van der Waals surface area contributed by atoms with Gasteiger partial charge in [0.2, 0.25) is 0 Å². The molecule has 126 valence electrons. The molecule has 0 saturated carbocycles.